The SMILES string of the molecule is CCNC(C)C(I)C(=O)OC1C2CC3C1OC(=O)C3(C#N)C2. The van der Waals surface area contributed by atoms with Crippen molar-refractivity contribution in [2.75, 3.05) is 6.54 Å². The molecule has 3 rings (SSSR count). The normalized spacial score (nSPS) is 40.9. The van der Waals surface area contributed by atoms with Crippen LogP contribution >= 0.6 is 22.6 Å². The van der Waals surface area contributed by atoms with Crippen molar-refractivity contribution in [1.82, 2.24) is 5.32 Å². The molecule has 2 bridgehead atoms. The molecule has 6 nitrogen and oxygen atoms in total. The zero-order chi connectivity index (χ0) is 16.1. The van der Waals surface area contributed by atoms with E-state index < -0.39 is 23.6 Å². The first-order chi connectivity index (χ1) is 10.4. The summed E-state index contributed by atoms with van der Waals surface area (Å²) in [5.41, 5.74) is -0.987. The largest absolute Gasteiger partial charge is 0.457 e. The average molecular weight is 418 g/mol. The van der Waals surface area contributed by atoms with Crippen LogP contribution in [0.25, 0.3) is 0 Å². The first kappa shape index (κ1) is 16.0. The second kappa shape index (κ2) is 5.64. The van der Waals surface area contributed by atoms with Gasteiger partial charge in [0.05, 0.1) is 6.07 Å². The molecule has 0 radical (unpaired) electrons. The maximum Gasteiger partial charge on any atom is 0.327 e. The van der Waals surface area contributed by atoms with Crippen LogP contribution in [0, 0.1) is 28.6 Å². The highest BCUT2D eigenvalue weighted by Gasteiger charge is 2.72. The van der Waals surface area contributed by atoms with Gasteiger partial charge in [-0.2, -0.15) is 5.26 Å². The molecule has 0 aromatic carbocycles. The van der Waals surface area contributed by atoms with E-state index in [2.05, 4.69) is 34.0 Å². The fourth-order valence-electron chi connectivity index (χ4n) is 4.12. The molecule has 2 saturated carbocycles. The van der Waals surface area contributed by atoms with Gasteiger partial charge in [-0.25, -0.2) is 0 Å². The van der Waals surface area contributed by atoms with Crippen molar-refractivity contribution in [3.63, 3.8) is 0 Å². The Morgan fingerprint density at radius 3 is 3.05 bits per heavy atom. The van der Waals surface area contributed by atoms with E-state index in [1.165, 1.54) is 0 Å². The van der Waals surface area contributed by atoms with Crippen LogP contribution in [0.3, 0.4) is 0 Å². The van der Waals surface area contributed by atoms with Crippen molar-refractivity contribution in [2.24, 2.45) is 17.3 Å². The minimum absolute atomic E-state index is 0.0148. The molecule has 22 heavy (non-hydrogen) atoms. The van der Waals surface area contributed by atoms with Crippen LogP contribution in [-0.4, -0.2) is 40.7 Å². The number of ether oxygens (including phenoxy) is 2. The van der Waals surface area contributed by atoms with Crippen molar-refractivity contribution in [3.05, 3.63) is 0 Å². The van der Waals surface area contributed by atoms with Crippen molar-refractivity contribution in [1.29, 1.82) is 5.26 Å². The van der Waals surface area contributed by atoms with Gasteiger partial charge in [0.15, 0.2) is 5.41 Å². The second-order valence-corrected chi connectivity index (χ2v) is 7.75. The van der Waals surface area contributed by atoms with E-state index in [1.807, 2.05) is 13.8 Å². The molecule has 0 aromatic rings. The molecule has 3 fully saturated rings. The number of hydrogen-bond acceptors (Lipinski definition) is 6. The molecule has 1 N–H and O–H groups in total. The summed E-state index contributed by atoms with van der Waals surface area (Å²) < 4.78 is 10.8. The minimum atomic E-state index is -0.987. The highest BCUT2D eigenvalue weighted by atomic mass is 127. The fourth-order valence-corrected chi connectivity index (χ4v) is 4.52. The van der Waals surface area contributed by atoms with E-state index in [1.54, 1.807) is 0 Å². The lowest BCUT2D eigenvalue weighted by Gasteiger charge is -2.29. The highest BCUT2D eigenvalue weighted by Crippen LogP contribution is 2.62. The summed E-state index contributed by atoms with van der Waals surface area (Å²) in [4.78, 5) is 24.3. The van der Waals surface area contributed by atoms with Gasteiger partial charge < -0.3 is 14.8 Å². The Kier molecular flexibility index (Phi) is 4.10. The Morgan fingerprint density at radius 2 is 2.41 bits per heavy atom. The zero-order valence-electron chi connectivity index (χ0n) is 12.5. The number of rotatable bonds is 5. The molecular formula is C15H19IN2O4. The maximum absolute atomic E-state index is 12.3. The number of nitrogens with one attached hydrogen (secondary N) is 1. The Morgan fingerprint density at radius 1 is 1.68 bits per heavy atom. The van der Waals surface area contributed by atoms with Crippen molar-refractivity contribution in [3.8, 4) is 6.07 Å². The lowest BCUT2D eigenvalue weighted by Crippen LogP contribution is -2.44. The summed E-state index contributed by atoms with van der Waals surface area (Å²) in [6.45, 7) is 4.71. The Bertz CT molecular complexity index is 548. The van der Waals surface area contributed by atoms with Gasteiger partial charge in [0.2, 0.25) is 0 Å². The molecule has 0 aromatic heterocycles. The third-order valence-electron chi connectivity index (χ3n) is 5.21. The average Bonchev–Trinajstić information content (AvgIpc) is 3.08. The predicted octanol–water partition coefficient (Wildman–Crippen LogP) is 1.17. The number of nitriles is 1. The van der Waals surface area contributed by atoms with E-state index in [-0.39, 0.29) is 27.8 Å². The van der Waals surface area contributed by atoms with E-state index >= 15 is 0 Å². The number of alkyl halides is 1. The summed E-state index contributed by atoms with van der Waals surface area (Å²) in [7, 11) is 0. The third-order valence-corrected chi connectivity index (χ3v) is 6.80. The molecule has 1 saturated heterocycles. The van der Waals surface area contributed by atoms with Crippen molar-refractivity contribution < 1.29 is 19.1 Å². The molecule has 7 heteroatoms. The number of carbonyl (C=O) groups is 2. The van der Waals surface area contributed by atoms with Gasteiger partial charge in [-0.3, -0.25) is 9.59 Å². The molecule has 1 heterocycles. The summed E-state index contributed by atoms with van der Waals surface area (Å²) in [6, 6.07) is 2.17. The van der Waals surface area contributed by atoms with Crippen molar-refractivity contribution >= 4 is 34.5 Å². The molecular weight excluding hydrogens is 399 g/mol. The van der Waals surface area contributed by atoms with Gasteiger partial charge in [0.1, 0.15) is 16.1 Å². The minimum Gasteiger partial charge on any atom is -0.457 e. The first-order valence-electron chi connectivity index (χ1n) is 7.65. The van der Waals surface area contributed by atoms with Gasteiger partial charge in [-0.1, -0.05) is 29.5 Å². The summed E-state index contributed by atoms with van der Waals surface area (Å²) in [5, 5.41) is 12.6. The topological polar surface area (TPSA) is 88.4 Å². The zero-order valence-corrected chi connectivity index (χ0v) is 14.7. The van der Waals surface area contributed by atoms with E-state index in [9.17, 15) is 14.9 Å². The van der Waals surface area contributed by atoms with Crippen molar-refractivity contribution in [2.45, 2.75) is 48.9 Å². The third kappa shape index (κ3) is 2.14. The van der Waals surface area contributed by atoms with Crippen LogP contribution in [0.5, 0.6) is 0 Å². The van der Waals surface area contributed by atoms with Crippen LogP contribution in [0.1, 0.15) is 26.7 Å². The lowest BCUT2D eigenvalue weighted by atomic mass is 9.74. The molecule has 2 aliphatic carbocycles. The van der Waals surface area contributed by atoms with Gasteiger partial charge in [0.25, 0.3) is 0 Å². The van der Waals surface area contributed by atoms with Crippen LogP contribution in [-0.2, 0) is 19.1 Å². The van der Waals surface area contributed by atoms with Gasteiger partial charge >= 0.3 is 11.9 Å². The molecule has 3 aliphatic rings. The molecule has 0 spiro atoms. The van der Waals surface area contributed by atoms with Crippen LogP contribution in [0.15, 0.2) is 0 Å². The molecule has 7 atom stereocenters. The molecule has 7 unspecified atom stereocenters. The monoisotopic (exact) mass is 418 g/mol. The van der Waals surface area contributed by atoms with Crippen LogP contribution < -0.4 is 5.32 Å². The fraction of sp³-hybridized carbons (Fsp3) is 0.800. The lowest BCUT2D eigenvalue weighted by molar-refractivity contribution is -0.161. The van der Waals surface area contributed by atoms with E-state index in [0.717, 1.165) is 13.0 Å². The standard InChI is InChI=1S/C15H19IN2O4/c1-3-18-7(2)10(16)13(19)21-11-8-4-9-12(11)22-14(20)15(9,5-8)6-17/h7-12,18H,3-5H2,1-2H3. The number of fused-ring (bicyclic) bond motifs is 1. The number of hydrogen-bond donors (Lipinski definition) is 1. The summed E-state index contributed by atoms with van der Waals surface area (Å²) >= 11 is 2.08. The maximum atomic E-state index is 12.3. The number of esters is 2. The Labute approximate surface area is 143 Å². The Balaban J connectivity index is 1.68. The van der Waals surface area contributed by atoms with E-state index in [4.69, 9.17) is 9.47 Å². The number of carbonyl (C=O) groups excluding carboxylic acids is 2. The van der Waals surface area contributed by atoms with Crippen LogP contribution in [0.2, 0.25) is 0 Å². The predicted molar refractivity (Wildman–Crippen MR) is 85.0 cm³/mol. The van der Waals surface area contributed by atoms with E-state index in [0.29, 0.717) is 6.42 Å². The second-order valence-electron chi connectivity index (χ2n) is 6.41. The van der Waals surface area contributed by atoms with Gasteiger partial charge in [0, 0.05) is 17.9 Å². The van der Waals surface area contributed by atoms with Gasteiger partial charge in [-0.15, -0.1) is 0 Å². The number of halogens is 1. The van der Waals surface area contributed by atoms with Crippen LogP contribution in [0.4, 0.5) is 0 Å². The molecule has 120 valence electrons. The first-order valence-corrected chi connectivity index (χ1v) is 8.89. The molecule has 0 amide bonds. The smallest absolute Gasteiger partial charge is 0.327 e. The Hall–Kier alpha value is -0.880. The highest BCUT2D eigenvalue weighted by molar-refractivity contribution is 14.1. The summed E-state index contributed by atoms with van der Waals surface area (Å²) in [5.74, 6) is -0.773. The molecule has 1 aliphatic heterocycles. The number of nitrogens with zero attached hydrogens (tertiary/aromatic N) is 1. The summed E-state index contributed by atoms with van der Waals surface area (Å²) in [6.07, 6.45) is 0.358. The van der Waals surface area contributed by atoms with Gasteiger partial charge in [-0.05, 0) is 26.3 Å². The quantitative estimate of drug-likeness (QED) is 0.410.